The van der Waals surface area contributed by atoms with Crippen LogP contribution in [0.5, 0.6) is 0 Å². The van der Waals surface area contributed by atoms with Gasteiger partial charge in [0.2, 0.25) is 0 Å². The largest absolute Gasteiger partial charge is 0.290 e. The van der Waals surface area contributed by atoms with E-state index in [0.717, 1.165) is 18.2 Å². The van der Waals surface area contributed by atoms with Crippen molar-refractivity contribution in [1.29, 1.82) is 0 Å². The Balaban J connectivity index is 2.50. The van der Waals surface area contributed by atoms with E-state index in [4.69, 9.17) is 0 Å². The maximum Gasteiger partial charge on any atom is 0.290 e. The molecule has 96 valence electrons. The molecule has 1 saturated heterocycles. The van der Waals surface area contributed by atoms with Crippen molar-refractivity contribution in [2.45, 2.75) is 52.9 Å². The number of hydrogen-bond acceptors (Lipinski definition) is 3. The Morgan fingerprint density at radius 2 is 1.94 bits per heavy atom. The van der Waals surface area contributed by atoms with Crippen LogP contribution in [0.4, 0.5) is 4.79 Å². The summed E-state index contributed by atoms with van der Waals surface area (Å²) in [5, 5.41) is 2.02. The normalized spacial score (nSPS) is 18.9. The number of imide groups is 1. The van der Waals surface area contributed by atoms with Crippen LogP contribution in [0.3, 0.4) is 0 Å². The zero-order valence-corrected chi connectivity index (χ0v) is 11.7. The number of hydrogen-bond donors (Lipinski definition) is 1. The number of amides is 2. The molecule has 0 atom stereocenters. The maximum absolute atomic E-state index is 11.4. The summed E-state index contributed by atoms with van der Waals surface area (Å²) in [4.78, 5) is 23.0. The number of unbranched alkanes of at least 4 members (excludes halogenated alkanes) is 3. The molecular weight excluding hydrogens is 234 g/mol. The van der Waals surface area contributed by atoms with E-state index in [9.17, 15) is 9.59 Å². The molecule has 0 saturated carbocycles. The van der Waals surface area contributed by atoms with Crippen LogP contribution < -0.4 is 5.32 Å². The number of rotatable bonds is 6. The highest BCUT2D eigenvalue weighted by Gasteiger charge is 2.27. The van der Waals surface area contributed by atoms with E-state index >= 15 is 0 Å². The van der Waals surface area contributed by atoms with Gasteiger partial charge >= 0.3 is 0 Å². The van der Waals surface area contributed by atoms with E-state index in [1.165, 1.54) is 25.7 Å². The lowest BCUT2D eigenvalue weighted by Gasteiger charge is -2.20. The Kier molecular flexibility index (Phi) is 5.25. The van der Waals surface area contributed by atoms with Gasteiger partial charge in [0.05, 0.1) is 4.91 Å². The van der Waals surface area contributed by atoms with Crippen LogP contribution in [0.1, 0.15) is 52.9 Å². The summed E-state index contributed by atoms with van der Waals surface area (Å²) >= 11 is 1.01. The molecule has 2 amide bonds. The van der Waals surface area contributed by atoms with Crippen molar-refractivity contribution >= 4 is 22.9 Å². The van der Waals surface area contributed by atoms with Gasteiger partial charge in [0, 0.05) is 0 Å². The van der Waals surface area contributed by atoms with E-state index in [-0.39, 0.29) is 16.6 Å². The first-order chi connectivity index (χ1) is 7.94. The van der Waals surface area contributed by atoms with E-state index in [0.29, 0.717) is 4.91 Å². The molecule has 1 N–H and O–H groups in total. The minimum Gasteiger partial charge on any atom is -0.282 e. The second kappa shape index (κ2) is 6.24. The van der Waals surface area contributed by atoms with Crippen LogP contribution in [0.25, 0.3) is 0 Å². The average Bonchev–Trinajstić information content (AvgIpc) is 2.52. The predicted molar refractivity (Wildman–Crippen MR) is 71.8 cm³/mol. The van der Waals surface area contributed by atoms with Gasteiger partial charge < -0.3 is 0 Å². The van der Waals surface area contributed by atoms with Gasteiger partial charge in [-0.05, 0) is 23.6 Å². The van der Waals surface area contributed by atoms with E-state index in [1.54, 1.807) is 0 Å². The minimum atomic E-state index is -0.261. The summed E-state index contributed by atoms with van der Waals surface area (Å²) in [6, 6.07) is 0. The van der Waals surface area contributed by atoms with Crippen LogP contribution in [0.15, 0.2) is 11.0 Å². The van der Waals surface area contributed by atoms with E-state index in [1.807, 2.05) is 6.08 Å². The van der Waals surface area contributed by atoms with Crippen molar-refractivity contribution in [3.05, 3.63) is 11.0 Å². The quantitative estimate of drug-likeness (QED) is 0.579. The third kappa shape index (κ3) is 4.94. The molecule has 1 fully saturated rings. The molecule has 1 aliphatic rings. The third-order valence-electron chi connectivity index (χ3n) is 2.84. The first-order valence-corrected chi connectivity index (χ1v) is 7.02. The van der Waals surface area contributed by atoms with Crippen molar-refractivity contribution in [2.24, 2.45) is 5.41 Å². The lowest BCUT2D eigenvalue weighted by atomic mass is 9.86. The highest BCUT2D eigenvalue weighted by molar-refractivity contribution is 8.18. The highest BCUT2D eigenvalue weighted by Crippen LogP contribution is 2.32. The van der Waals surface area contributed by atoms with Crippen molar-refractivity contribution in [3.8, 4) is 0 Å². The highest BCUT2D eigenvalue weighted by atomic mass is 32.2. The summed E-state index contributed by atoms with van der Waals surface area (Å²) in [5.41, 5.74) is -0.0158. The van der Waals surface area contributed by atoms with Crippen LogP contribution in [-0.2, 0) is 4.79 Å². The molecule has 0 aliphatic carbocycles. The molecule has 0 radical (unpaired) electrons. The van der Waals surface area contributed by atoms with Gasteiger partial charge in [-0.3, -0.25) is 14.9 Å². The second-order valence-electron chi connectivity index (χ2n) is 5.15. The first-order valence-electron chi connectivity index (χ1n) is 6.20. The third-order valence-corrected chi connectivity index (χ3v) is 3.65. The molecule has 0 bridgehead atoms. The second-order valence-corrected chi connectivity index (χ2v) is 6.17. The minimum absolute atomic E-state index is 0.0158. The summed E-state index contributed by atoms with van der Waals surface area (Å²) in [5.74, 6) is -0.248. The zero-order valence-electron chi connectivity index (χ0n) is 10.8. The van der Waals surface area contributed by atoms with Gasteiger partial charge in [-0.2, -0.15) is 0 Å². The Morgan fingerprint density at radius 1 is 1.24 bits per heavy atom. The molecule has 0 aromatic heterocycles. The molecule has 3 nitrogen and oxygen atoms in total. The van der Waals surface area contributed by atoms with Crippen LogP contribution in [0, 0.1) is 5.41 Å². The molecule has 1 rings (SSSR count). The molecule has 1 heterocycles. The van der Waals surface area contributed by atoms with Gasteiger partial charge in [0.25, 0.3) is 11.1 Å². The molecule has 0 unspecified atom stereocenters. The molecule has 17 heavy (non-hydrogen) atoms. The Bertz CT molecular complexity index is 334. The zero-order chi connectivity index (χ0) is 12.9. The Hall–Kier alpha value is -0.770. The van der Waals surface area contributed by atoms with Crippen LogP contribution >= 0.6 is 11.8 Å². The smallest absolute Gasteiger partial charge is 0.282 e. The molecule has 0 aromatic rings. The van der Waals surface area contributed by atoms with Crippen LogP contribution in [-0.4, -0.2) is 11.1 Å². The fourth-order valence-corrected chi connectivity index (χ4v) is 2.72. The van der Waals surface area contributed by atoms with Gasteiger partial charge in [-0.1, -0.05) is 52.5 Å². The molecular formula is C13H21NO2S. The SMILES string of the molecule is CCCCCCC(C)(C)/C=C1/SC(=O)NC1=O. The van der Waals surface area contributed by atoms with E-state index < -0.39 is 0 Å². The number of carbonyl (C=O) groups excluding carboxylic acids is 2. The van der Waals surface area contributed by atoms with Crippen LogP contribution in [0.2, 0.25) is 0 Å². The topological polar surface area (TPSA) is 46.2 Å². The molecule has 1 aliphatic heterocycles. The summed E-state index contributed by atoms with van der Waals surface area (Å²) in [6.07, 6.45) is 7.89. The van der Waals surface area contributed by atoms with Gasteiger partial charge in [0.1, 0.15) is 0 Å². The standard InChI is InChI=1S/C13H21NO2S/c1-4-5-6-7-8-13(2,3)9-10-11(15)14-12(16)17-10/h9H,4-8H2,1-3H3,(H,14,15,16)/b10-9+. The monoisotopic (exact) mass is 255 g/mol. The molecule has 0 spiro atoms. The van der Waals surface area contributed by atoms with Crippen molar-refractivity contribution in [2.75, 3.05) is 0 Å². The van der Waals surface area contributed by atoms with Crippen molar-refractivity contribution in [1.82, 2.24) is 5.32 Å². The lowest BCUT2D eigenvalue weighted by molar-refractivity contribution is -0.115. The Morgan fingerprint density at radius 3 is 2.47 bits per heavy atom. The fraction of sp³-hybridized carbons (Fsp3) is 0.692. The number of thioether (sulfide) groups is 1. The first kappa shape index (κ1) is 14.3. The molecule has 4 heteroatoms. The predicted octanol–water partition coefficient (Wildman–Crippen LogP) is 3.85. The number of nitrogens with one attached hydrogen (secondary N) is 1. The summed E-state index contributed by atoms with van der Waals surface area (Å²) in [7, 11) is 0. The number of carbonyl (C=O) groups is 2. The van der Waals surface area contributed by atoms with Gasteiger partial charge in [-0.15, -0.1) is 0 Å². The number of allylic oxidation sites excluding steroid dienone is 1. The fourth-order valence-electron chi connectivity index (χ4n) is 1.86. The van der Waals surface area contributed by atoms with E-state index in [2.05, 4.69) is 26.1 Å². The maximum atomic E-state index is 11.4. The molecule has 0 aromatic carbocycles. The average molecular weight is 255 g/mol. The Labute approximate surface area is 107 Å². The summed E-state index contributed by atoms with van der Waals surface area (Å²) < 4.78 is 0. The van der Waals surface area contributed by atoms with Gasteiger partial charge in [0.15, 0.2) is 0 Å². The van der Waals surface area contributed by atoms with Crippen molar-refractivity contribution in [3.63, 3.8) is 0 Å². The van der Waals surface area contributed by atoms with Crippen molar-refractivity contribution < 1.29 is 9.59 Å². The van der Waals surface area contributed by atoms with Gasteiger partial charge in [-0.25, -0.2) is 0 Å². The summed E-state index contributed by atoms with van der Waals surface area (Å²) in [6.45, 7) is 6.42. The lowest BCUT2D eigenvalue weighted by Crippen LogP contribution is -2.19.